The number of fused-ring (bicyclic) bond motifs is 1. The number of rotatable bonds is 6. The van der Waals surface area contributed by atoms with E-state index in [0.29, 0.717) is 17.0 Å². The van der Waals surface area contributed by atoms with E-state index in [0.717, 1.165) is 6.20 Å². The summed E-state index contributed by atoms with van der Waals surface area (Å²) in [7, 11) is 1.50. The van der Waals surface area contributed by atoms with Crippen molar-refractivity contribution >= 4 is 46.3 Å². The van der Waals surface area contributed by atoms with Crippen molar-refractivity contribution in [3.8, 4) is 5.88 Å². The lowest BCUT2D eigenvalue weighted by Crippen LogP contribution is -2.22. The zero-order valence-electron chi connectivity index (χ0n) is 15.0. The second-order valence-electron chi connectivity index (χ2n) is 5.64. The number of methoxy groups -OCH3 is 1. The number of amides is 2. The molecule has 0 saturated heterocycles. The molecular weight excluding hydrogens is 433 g/mol. The number of nitrogens with one attached hydrogen (secondary N) is 2. The number of alkyl halides is 2. The Bertz CT molecular complexity index is 1050. The summed E-state index contributed by atoms with van der Waals surface area (Å²) < 4.78 is 35.5. The first-order valence-electron chi connectivity index (χ1n) is 8.03. The fraction of sp³-hybridized carbons (Fsp3) is 0.250. The summed E-state index contributed by atoms with van der Waals surface area (Å²) in [4.78, 5) is 20.2. The molecule has 154 valence electrons. The molecule has 0 fully saturated rings. The van der Waals surface area contributed by atoms with Gasteiger partial charge in [0, 0.05) is 13.2 Å². The summed E-state index contributed by atoms with van der Waals surface area (Å²) in [6.45, 7) is -1.31. The molecule has 3 aromatic rings. The summed E-state index contributed by atoms with van der Waals surface area (Å²) >= 11 is 11.8. The van der Waals surface area contributed by atoms with Gasteiger partial charge >= 0.3 is 12.6 Å². The molecule has 29 heavy (non-hydrogen) atoms. The minimum Gasteiger partial charge on any atom is -0.415 e. The largest absolute Gasteiger partial charge is 0.415 e. The summed E-state index contributed by atoms with van der Waals surface area (Å²) in [6, 6.07) is 2.13. The van der Waals surface area contributed by atoms with Crippen LogP contribution in [0.4, 0.5) is 25.0 Å². The van der Waals surface area contributed by atoms with Crippen LogP contribution >= 0.6 is 23.2 Å². The first-order chi connectivity index (χ1) is 13.8. The SMILES string of the molecule is CO[C@@H](C)c1c(NC(=O)Nc2cnc(OC(F)F)c(Cl)c2)cnc2cc(Cl)nn12. The number of hydrogen-bond acceptors (Lipinski definition) is 6. The number of aromatic nitrogens is 4. The van der Waals surface area contributed by atoms with E-state index in [-0.39, 0.29) is 15.9 Å². The maximum absolute atomic E-state index is 12.4. The zero-order valence-corrected chi connectivity index (χ0v) is 16.5. The van der Waals surface area contributed by atoms with Gasteiger partial charge in [0.05, 0.1) is 35.6 Å². The molecule has 3 rings (SSSR count). The van der Waals surface area contributed by atoms with Gasteiger partial charge in [-0.2, -0.15) is 13.9 Å². The quantitative estimate of drug-likeness (QED) is 0.582. The highest BCUT2D eigenvalue weighted by Crippen LogP contribution is 2.28. The lowest BCUT2D eigenvalue weighted by molar-refractivity contribution is -0.0527. The van der Waals surface area contributed by atoms with Gasteiger partial charge in [-0.25, -0.2) is 19.3 Å². The average Bonchev–Trinajstić information content (AvgIpc) is 3.03. The van der Waals surface area contributed by atoms with Crippen LogP contribution in [0.5, 0.6) is 5.88 Å². The lowest BCUT2D eigenvalue weighted by atomic mass is 10.2. The molecular formula is C16H14Cl2F2N6O3. The van der Waals surface area contributed by atoms with Gasteiger partial charge in [-0.3, -0.25) is 0 Å². The van der Waals surface area contributed by atoms with E-state index in [4.69, 9.17) is 27.9 Å². The van der Waals surface area contributed by atoms with Crippen molar-refractivity contribution in [2.24, 2.45) is 0 Å². The third kappa shape index (κ3) is 4.81. The predicted molar refractivity (Wildman–Crippen MR) is 102 cm³/mol. The zero-order chi connectivity index (χ0) is 21.1. The second-order valence-corrected chi connectivity index (χ2v) is 6.44. The van der Waals surface area contributed by atoms with Gasteiger partial charge in [-0.05, 0) is 13.0 Å². The van der Waals surface area contributed by atoms with E-state index in [1.54, 1.807) is 13.0 Å². The van der Waals surface area contributed by atoms with Crippen LogP contribution in [0.2, 0.25) is 10.2 Å². The third-order valence-corrected chi connectivity index (χ3v) is 4.20. The van der Waals surface area contributed by atoms with Crippen LogP contribution in [0.15, 0.2) is 24.5 Å². The van der Waals surface area contributed by atoms with E-state index in [1.807, 2.05) is 0 Å². The van der Waals surface area contributed by atoms with Gasteiger partial charge in [0.25, 0.3) is 0 Å². The van der Waals surface area contributed by atoms with Crippen LogP contribution in [-0.4, -0.2) is 39.3 Å². The van der Waals surface area contributed by atoms with Crippen LogP contribution < -0.4 is 15.4 Å². The molecule has 0 aromatic carbocycles. The Balaban J connectivity index is 1.82. The van der Waals surface area contributed by atoms with Crippen molar-refractivity contribution < 1.29 is 23.0 Å². The lowest BCUT2D eigenvalue weighted by Gasteiger charge is -2.17. The summed E-state index contributed by atoms with van der Waals surface area (Å²) in [6.07, 6.45) is 2.10. The van der Waals surface area contributed by atoms with Crippen molar-refractivity contribution in [3.63, 3.8) is 0 Å². The topological polar surface area (TPSA) is 103 Å². The highest BCUT2D eigenvalue weighted by atomic mass is 35.5. The fourth-order valence-corrected chi connectivity index (χ4v) is 2.86. The minimum absolute atomic E-state index is 0.159. The van der Waals surface area contributed by atoms with Gasteiger partial charge in [-0.1, -0.05) is 23.2 Å². The molecule has 0 unspecified atom stereocenters. The molecule has 2 N–H and O–H groups in total. The van der Waals surface area contributed by atoms with Crippen LogP contribution in [0, 0.1) is 0 Å². The Labute approximate surface area is 172 Å². The normalized spacial score (nSPS) is 12.2. The van der Waals surface area contributed by atoms with Gasteiger partial charge in [0.15, 0.2) is 10.8 Å². The Morgan fingerprint density at radius 2 is 1.97 bits per heavy atom. The highest BCUT2D eigenvalue weighted by molar-refractivity contribution is 6.32. The fourth-order valence-electron chi connectivity index (χ4n) is 2.47. The third-order valence-electron chi connectivity index (χ3n) is 3.74. The van der Waals surface area contributed by atoms with E-state index in [9.17, 15) is 13.6 Å². The molecule has 0 aliphatic heterocycles. The van der Waals surface area contributed by atoms with Gasteiger partial charge < -0.3 is 20.1 Å². The van der Waals surface area contributed by atoms with Crippen molar-refractivity contribution in [1.82, 2.24) is 19.6 Å². The second kappa shape index (κ2) is 8.72. The Morgan fingerprint density at radius 3 is 2.62 bits per heavy atom. The number of pyridine rings is 1. The summed E-state index contributed by atoms with van der Waals surface area (Å²) in [5, 5.41) is 9.30. The maximum Gasteiger partial charge on any atom is 0.388 e. The van der Waals surface area contributed by atoms with Crippen LogP contribution in [0.1, 0.15) is 18.7 Å². The number of carbonyl (C=O) groups is 1. The molecule has 0 radical (unpaired) electrons. The van der Waals surface area contributed by atoms with E-state index in [2.05, 4.69) is 30.4 Å². The molecule has 0 bridgehead atoms. The molecule has 9 nitrogen and oxygen atoms in total. The maximum atomic E-state index is 12.4. The number of hydrogen-bond donors (Lipinski definition) is 2. The number of ether oxygens (including phenoxy) is 2. The standard InChI is InChI=1S/C16H14Cl2F2N6O3/c1-7(28-2)13-10(6-21-12-4-11(18)25-26(12)13)24-16(27)23-8-3-9(17)14(22-5-8)29-15(19)20/h3-7,15H,1-2H3,(H2,23,24,27)/t7-/m0/s1. The molecule has 0 saturated carbocycles. The summed E-state index contributed by atoms with van der Waals surface area (Å²) in [5.41, 5.74) is 1.47. The predicted octanol–water partition coefficient (Wildman–Crippen LogP) is 4.38. The molecule has 0 spiro atoms. The smallest absolute Gasteiger partial charge is 0.388 e. The molecule has 3 aromatic heterocycles. The molecule has 2 amide bonds. The van der Waals surface area contributed by atoms with Crippen LogP contribution in [0.25, 0.3) is 5.65 Å². The first-order valence-corrected chi connectivity index (χ1v) is 8.79. The number of nitrogens with zero attached hydrogens (tertiary/aromatic N) is 4. The number of urea groups is 1. The molecule has 0 aliphatic carbocycles. The Hall–Kier alpha value is -2.76. The number of halogens is 4. The highest BCUT2D eigenvalue weighted by Gasteiger charge is 2.19. The molecule has 0 aliphatic rings. The van der Waals surface area contributed by atoms with Crippen molar-refractivity contribution in [3.05, 3.63) is 40.4 Å². The van der Waals surface area contributed by atoms with Gasteiger partial charge in [-0.15, -0.1) is 0 Å². The van der Waals surface area contributed by atoms with Gasteiger partial charge in [0.2, 0.25) is 5.88 Å². The van der Waals surface area contributed by atoms with Crippen LogP contribution in [-0.2, 0) is 4.74 Å². The van der Waals surface area contributed by atoms with E-state index in [1.165, 1.54) is 23.9 Å². The van der Waals surface area contributed by atoms with Gasteiger partial charge in [0.1, 0.15) is 5.02 Å². The molecule has 13 heteroatoms. The summed E-state index contributed by atoms with van der Waals surface area (Å²) in [5.74, 6) is -0.450. The monoisotopic (exact) mass is 446 g/mol. The number of carbonyl (C=O) groups excluding carboxylic acids is 1. The van der Waals surface area contributed by atoms with Crippen LogP contribution in [0.3, 0.4) is 0 Å². The van der Waals surface area contributed by atoms with Crippen molar-refractivity contribution in [2.75, 3.05) is 17.7 Å². The van der Waals surface area contributed by atoms with Crippen molar-refractivity contribution in [2.45, 2.75) is 19.6 Å². The molecule has 3 heterocycles. The van der Waals surface area contributed by atoms with E-state index < -0.39 is 24.6 Å². The Kier molecular flexibility index (Phi) is 6.30. The first kappa shape index (κ1) is 21.0. The number of anilines is 2. The average molecular weight is 447 g/mol. The Morgan fingerprint density at radius 1 is 1.21 bits per heavy atom. The minimum atomic E-state index is -3.07. The van der Waals surface area contributed by atoms with Crippen molar-refractivity contribution in [1.29, 1.82) is 0 Å². The molecule has 1 atom stereocenters. The van der Waals surface area contributed by atoms with E-state index >= 15 is 0 Å².